The Hall–Kier alpha value is -0.900. The maximum Gasteiger partial charge on any atom is 0.220 e. The van der Waals surface area contributed by atoms with Gasteiger partial charge in [0.2, 0.25) is 5.96 Å². The lowest BCUT2D eigenvalue weighted by Crippen LogP contribution is -2.50. The maximum atomic E-state index is 4.53. The van der Waals surface area contributed by atoms with Gasteiger partial charge in [0.15, 0.2) is 0 Å². The van der Waals surface area contributed by atoms with Gasteiger partial charge in [0, 0.05) is 44.5 Å². The Labute approximate surface area is 119 Å². The van der Waals surface area contributed by atoms with Crippen LogP contribution in [0.2, 0.25) is 0 Å². The molecule has 4 heteroatoms. The molecule has 1 rings (SSSR count). The predicted molar refractivity (Wildman–Crippen MR) is 86.4 cm³/mol. The molecule has 0 radical (unpaired) electrons. The van der Waals surface area contributed by atoms with Gasteiger partial charge in [0.05, 0.1) is 0 Å². The second-order valence-corrected chi connectivity index (χ2v) is 4.95. The van der Waals surface area contributed by atoms with Crippen LogP contribution in [0.25, 0.3) is 0 Å². The van der Waals surface area contributed by atoms with Crippen molar-refractivity contribution in [1.29, 1.82) is 0 Å². The first-order valence-corrected chi connectivity index (χ1v) is 7.60. The van der Waals surface area contributed by atoms with Crippen LogP contribution in [0.4, 0.5) is 0 Å². The average molecular weight is 268 g/mol. The zero-order valence-corrected chi connectivity index (χ0v) is 13.9. The Morgan fingerprint density at radius 2 is 1.58 bits per heavy atom. The van der Waals surface area contributed by atoms with E-state index in [0.29, 0.717) is 6.04 Å². The molecule has 0 amide bonds. The van der Waals surface area contributed by atoms with Crippen molar-refractivity contribution < 1.29 is 0 Å². The Morgan fingerprint density at radius 3 is 1.95 bits per heavy atom. The number of guanidine groups is 1. The number of hydrogen-bond donors (Lipinski definition) is 0. The van der Waals surface area contributed by atoms with E-state index in [4.69, 9.17) is 0 Å². The van der Waals surface area contributed by atoms with Crippen LogP contribution < -0.4 is 0 Å². The van der Waals surface area contributed by atoms with Gasteiger partial charge in [0.25, 0.3) is 0 Å². The Bertz CT molecular complexity index is 283. The number of nitrogens with zero attached hydrogens (tertiary/aromatic N) is 4. The highest BCUT2D eigenvalue weighted by Gasteiger charge is 2.20. The van der Waals surface area contributed by atoms with Gasteiger partial charge in [-0.15, -0.1) is 0 Å². The Kier molecular flexibility index (Phi) is 9.48. The highest BCUT2D eigenvalue weighted by Crippen LogP contribution is 2.07. The first-order valence-electron chi connectivity index (χ1n) is 7.60. The van der Waals surface area contributed by atoms with E-state index < -0.39 is 0 Å². The average Bonchev–Trinajstić information content (AvgIpc) is 2.40. The maximum absolute atomic E-state index is 4.53. The number of piperazine rings is 1. The minimum atomic E-state index is 0.639. The molecule has 0 unspecified atom stereocenters. The van der Waals surface area contributed by atoms with E-state index >= 15 is 0 Å². The lowest BCUT2D eigenvalue weighted by molar-refractivity contribution is 0.148. The summed E-state index contributed by atoms with van der Waals surface area (Å²) in [6.07, 6.45) is 0. The molecule has 0 atom stereocenters. The first kappa shape index (κ1) is 18.1. The van der Waals surface area contributed by atoms with Crippen LogP contribution in [0.15, 0.2) is 9.98 Å². The summed E-state index contributed by atoms with van der Waals surface area (Å²) in [6, 6.07) is 0.639. The van der Waals surface area contributed by atoms with Crippen molar-refractivity contribution in [3.8, 4) is 0 Å². The third kappa shape index (κ3) is 6.71. The molecule has 0 N–H and O–H groups in total. The SMILES string of the molecule is CC.CCN=C(N=C(C)C)N1CCN(C(C)C)CC1. The van der Waals surface area contributed by atoms with Crippen molar-refractivity contribution in [1.82, 2.24) is 9.80 Å². The number of hydrogen-bond acceptors (Lipinski definition) is 2. The van der Waals surface area contributed by atoms with E-state index in [1.54, 1.807) is 0 Å². The summed E-state index contributed by atoms with van der Waals surface area (Å²) < 4.78 is 0. The van der Waals surface area contributed by atoms with Crippen LogP contribution in [0.5, 0.6) is 0 Å². The van der Waals surface area contributed by atoms with Crippen LogP contribution in [0.3, 0.4) is 0 Å². The molecule has 0 aliphatic carbocycles. The fourth-order valence-corrected chi connectivity index (χ4v) is 1.99. The molecule has 0 saturated carbocycles. The second kappa shape index (κ2) is 9.96. The molecular weight excluding hydrogens is 236 g/mol. The van der Waals surface area contributed by atoms with Gasteiger partial charge < -0.3 is 4.90 Å². The summed E-state index contributed by atoms with van der Waals surface area (Å²) in [6.45, 7) is 19.7. The minimum Gasteiger partial charge on any atom is -0.339 e. The number of rotatable bonds is 2. The normalized spacial score (nSPS) is 17.1. The van der Waals surface area contributed by atoms with Crippen molar-refractivity contribution >= 4 is 11.7 Å². The third-order valence-electron chi connectivity index (χ3n) is 2.95. The Morgan fingerprint density at radius 1 is 1.05 bits per heavy atom. The smallest absolute Gasteiger partial charge is 0.220 e. The van der Waals surface area contributed by atoms with Gasteiger partial charge in [-0.2, -0.15) is 0 Å². The Balaban J connectivity index is 0.00000154. The van der Waals surface area contributed by atoms with Crippen LogP contribution in [0, 0.1) is 0 Å². The van der Waals surface area contributed by atoms with Crippen LogP contribution in [-0.4, -0.2) is 60.2 Å². The van der Waals surface area contributed by atoms with Crippen LogP contribution in [0.1, 0.15) is 48.5 Å². The summed E-state index contributed by atoms with van der Waals surface area (Å²) in [7, 11) is 0. The number of aliphatic imine (C=N–C) groups is 2. The molecule has 19 heavy (non-hydrogen) atoms. The molecule has 1 fully saturated rings. The third-order valence-corrected chi connectivity index (χ3v) is 2.95. The summed E-state index contributed by atoms with van der Waals surface area (Å²) in [4.78, 5) is 13.8. The molecule has 1 heterocycles. The van der Waals surface area contributed by atoms with E-state index in [2.05, 4.69) is 40.6 Å². The van der Waals surface area contributed by atoms with Gasteiger partial charge in [-0.25, -0.2) is 4.99 Å². The highest BCUT2D eigenvalue weighted by atomic mass is 15.3. The van der Waals surface area contributed by atoms with Crippen molar-refractivity contribution in [3.05, 3.63) is 0 Å². The monoisotopic (exact) mass is 268 g/mol. The topological polar surface area (TPSA) is 31.2 Å². The van der Waals surface area contributed by atoms with Crippen molar-refractivity contribution in [2.24, 2.45) is 9.98 Å². The molecule has 4 nitrogen and oxygen atoms in total. The van der Waals surface area contributed by atoms with Crippen molar-refractivity contribution in [2.75, 3.05) is 32.7 Å². The molecular formula is C15H32N4. The second-order valence-electron chi connectivity index (χ2n) is 4.95. The molecule has 0 aromatic rings. The molecule has 0 aromatic heterocycles. The summed E-state index contributed by atoms with van der Waals surface area (Å²) in [5.74, 6) is 0.913. The zero-order valence-electron chi connectivity index (χ0n) is 13.9. The summed E-state index contributed by atoms with van der Waals surface area (Å²) in [5.41, 5.74) is 1.07. The van der Waals surface area contributed by atoms with E-state index in [1.807, 2.05) is 27.7 Å². The largest absolute Gasteiger partial charge is 0.339 e. The molecule has 0 bridgehead atoms. The van der Waals surface area contributed by atoms with Gasteiger partial charge in [-0.05, 0) is 34.6 Å². The molecule has 1 aliphatic rings. The van der Waals surface area contributed by atoms with E-state index in [9.17, 15) is 0 Å². The van der Waals surface area contributed by atoms with E-state index in [-0.39, 0.29) is 0 Å². The van der Waals surface area contributed by atoms with E-state index in [0.717, 1.165) is 44.4 Å². The molecule has 112 valence electrons. The quantitative estimate of drug-likeness (QED) is 0.569. The summed E-state index contributed by atoms with van der Waals surface area (Å²) >= 11 is 0. The molecule has 0 spiro atoms. The zero-order chi connectivity index (χ0) is 14.8. The first-order chi connectivity index (χ1) is 9.04. The standard InChI is InChI=1S/C13H26N4.C2H6/c1-6-14-13(15-11(2)3)17-9-7-16(8-10-17)12(4)5;1-2/h12H,6-10H2,1-5H3;1-2H3. The fourth-order valence-electron chi connectivity index (χ4n) is 1.99. The van der Waals surface area contributed by atoms with Gasteiger partial charge in [-0.3, -0.25) is 9.89 Å². The van der Waals surface area contributed by atoms with Gasteiger partial charge in [-0.1, -0.05) is 13.8 Å². The molecule has 0 aromatic carbocycles. The van der Waals surface area contributed by atoms with Crippen molar-refractivity contribution in [3.63, 3.8) is 0 Å². The molecule has 1 saturated heterocycles. The fraction of sp³-hybridized carbons (Fsp3) is 0.867. The highest BCUT2D eigenvalue weighted by molar-refractivity contribution is 5.94. The van der Waals surface area contributed by atoms with Gasteiger partial charge in [0.1, 0.15) is 0 Å². The predicted octanol–water partition coefficient (Wildman–Crippen LogP) is 2.90. The van der Waals surface area contributed by atoms with Gasteiger partial charge >= 0.3 is 0 Å². The van der Waals surface area contributed by atoms with Crippen LogP contribution in [-0.2, 0) is 0 Å². The molecule has 1 aliphatic heterocycles. The van der Waals surface area contributed by atoms with Crippen LogP contribution >= 0.6 is 0 Å². The minimum absolute atomic E-state index is 0.639. The lowest BCUT2D eigenvalue weighted by Gasteiger charge is -2.37. The lowest BCUT2D eigenvalue weighted by atomic mass is 10.2. The van der Waals surface area contributed by atoms with Crippen molar-refractivity contribution in [2.45, 2.75) is 54.5 Å². The van der Waals surface area contributed by atoms with E-state index in [1.165, 1.54) is 0 Å². The summed E-state index contributed by atoms with van der Waals surface area (Å²) in [5, 5.41) is 0.